The van der Waals surface area contributed by atoms with Crippen LogP contribution in [0.2, 0.25) is 0 Å². The minimum atomic E-state index is -0.0790. The fourth-order valence-electron chi connectivity index (χ4n) is 6.39. The standard InChI is InChI=1S/C22H31NO2/c1-22-10-9-18-17-8-6-16(25-2)12-14(17)5-7-19(18)21(22)15(4-3-11-23)13-20(22)24/h6,8,12,15,18-19,21H,3-5,7,9-11,13,23H2,1-2H3/t15?,18-,19-,21+,22-/m1/s1. The number of benzene rings is 1. The Kier molecular flexibility index (Phi) is 4.39. The van der Waals surface area contributed by atoms with Crippen molar-refractivity contribution in [3.8, 4) is 5.75 Å². The topological polar surface area (TPSA) is 52.3 Å². The van der Waals surface area contributed by atoms with Gasteiger partial charge in [-0.1, -0.05) is 13.0 Å². The van der Waals surface area contributed by atoms with E-state index in [9.17, 15) is 4.79 Å². The molecule has 2 N–H and O–H groups in total. The Morgan fingerprint density at radius 2 is 2.16 bits per heavy atom. The highest BCUT2D eigenvalue weighted by molar-refractivity contribution is 5.87. The number of rotatable bonds is 4. The van der Waals surface area contributed by atoms with E-state index in [1.807, 2.05) is 0 Å². The Morgan fingerprint density at radius 3 is 2.92 bits per heavy atom. The molecule has 1 unspecified atom stereocenters. The highest BCUT2D eigenvalue weighted by Crippen LogP contribution is 2.62. The molecule has 0 bridgehead atoms. The number of carbonyl (C=O) groups excluding carboxylic acids is 1. The quantitative estimate of drug-likeness (QED) is 0.897. The van der Waals surface area contributed by atoms with Gasteiger partial charge in [0.25, 0.3) is 0 Å². The second-order valence-corrected chi connectivity index (χ2v) is 8.67. The van der Waals surface area contributed by atoms with Crippen molar-refractivity contribution in [2.24, 2.45) is 28.9 Å². The number of Topliss-reactive ketones (excluding diaryl/α,β-unsaturated/α-hetero) is 1. The van der Waals surface area contributed by atoms with E-state index in [0.29, 0.717) is 29.5 Å². The normalized spacial score (nSPS) is 36.5. The third kappa shape index (κ3) is 2.63. The number of fused-ring (bicyclic) bond motifs is 5. The zero-order valence-corrected chi connectivity index (χ0v) is 15.6. The lowest BCUT2D eigenvalue weighted by Gasteiger charge is -2.50. The van der Waals surface area contributed by atoms with E-state index in [-0.39, 0.29) is 5.41 Å². The summed E-state index contributed by atoms with van der Waals surface area (Å²) in [5, 5.41) is 0. The van der Waals surface area contributed by atoms with Gasteiger partial charge in [-0.05, 0) is 92.0 Å². The molecule has 0 amide bonds. The van der Waals surface area contributed by atoms with Crippen molar-refractivity contribution < 1.29 is 9.53 Å². The SMILES string of the molecule is COc1ccc2c(c1)CC[C@@H]1[C@@H]2CC[C@]2(C)C(=O)CC(CCCN)[C@@H]12. The van der Waals surface area contributed by atoms with Gasteiger partial charge in [0.15, 0.2) is 0 Å². The average Bonchev–Trinajstić information content (AvgIpc) is 2.89. The van der Waals surface area contributed by atoms with Crippen molar-refractivity contribution in [1.29, 1.82) is 0 Å². The minimum Gasteiger partial charge on any atom is -0.497 e. The molecule has 25 heavy (non-hydrogen) atoms. The molecule has 1 aromatic carbocycles. The van der Waals surface area contributed by atoms with Crippen molar-refractivity contribution in [2.45, 2.75) is 57.8 Å². The van der Waals surface area contributed by atoms with Crippen LogP contribution in [0.25, 0.3) is 0 Å². The van der Waals surface area contributed by atoms with E-state index in [1.54, 1.807) is 7.11 Å². The molecule has 3 nitrogen and oxygen atoms in total. The second kappa shape index (κ2) is 6.42. The first-order valence-electron chi connectivity index (χ1n) is 9.98. The first-order chi connectivity index (χ1) is 12.1. The summed E-state index contributed by atoms with van der Waals surface area (Å²) in [4.78, 5) is 12.9. The number of hydrogen-bond acceptors (Lipinski definition) is 3. The van der Waals surface area contributed by atoms with Gasteiger partial charge in [0.05, 0.1) is 7.11 Å². The molecule has 0 aliphatic heterocycles. The third-order valence-corrected chi connectivity index (χ3v) is 7.56. The Bertz CT molecular complexity index is 670. The van der Waals surface area contributed by atoms with Gasteiger partial charge in [-0.25, -0.2) is 0 Å². The van der Waals surface area contributed by atoms with Crippen LogP contribution in [-0.2, 0) is 11.2 Å². The molecule has 2 saturated carbocycles. The summed E-state index contributed by atoms with van der Waals surface area (Å²) in [7, 11) is 1.74. The monoisotopic (exact) mass is 341 g/mol. The maximum Gasteiger partial charge on any atom is 0.139 e. The number of ether oxygens (including phenoxy) is 1. The molecule has 3 aliphatic rings. The van der Waals surface area contributed by atoms with Gasteiger partial charge in [-0.2, -0.15) is 0 Å². The zero-order chi connectivity index (χ0) is 17.6. The van der Waals surface area contributed by atoms with Crippen molar-refractivity contribution in [1.82, 2.24) is 0 Å². The van der Waals surface area contributed by atoms with Crippen molar-refractivity contribution in [2.75, 3.05) is 13.7 Å². The average molecular weight is 341 g/mol. The number of nitrogens with two attached hydrogens (primary N) is 1. The van der Waals surface area contributed by atoms with Crippen molar-refractivity contribution in [3.63, 3.8) is 0 Å². The largest absolute Gasteiger partial charge is 0.497 e. The van der Waals surface area contributed by atoms with Gasteiger partial charge in [0, 0.05) is 11.8 Å². The maximum absolute atomic E-state index is 12.9. The molecule has 0 aromatic heterocycles. The summed E-state index contributed by atoms with van der Waals surface area (Å²) in [5.41, 5.74) is 8.68. The zero-order valence-electron chi connectivity index (χ0n) is 15.6. The highest BCUT2D eigenvalue weighted by atomic mass is 16.5. The number of ketones is 1. The Hall–Kier alpha value is -1.35. The van der Waals surface area contributed by atoms with Crippen LogP contribution in [0.5, 0.6) is 5.75 Å². The van der Waals surface area contributed by atoms with Crippen molar-refractivity contribution in [3.05, 3.63) is 29.3 Å². The van der Waals surface area contributed by atoms with Gasteiger partial charge in [-0.3, -0.25) is 4.79 Å². The smallest absolute Gasteiger partial charge is 0.139 e. The summed E-state index contributed by atoms with van der Waals surface area (Å²) in [5.74, 6) is 3.88. The molecule has 0 saturated heterocycles. The Morgan fingerprint density at radius 1 is 1.32 bits per heavy atom. The van der Waals surface area contributed by atoms with Crippen LogP contribution in [0.4, 0.5) is 0 Å². The van der Waals surface area contributed by atoms with E-state index in [2.05, 4.69) is 25.1 Å². The second-order valence-electron chi connectivity index (χ2n) is 8.67. The lowest BCUT2D eigenvalue weighted by molar-refractivity contribution is -0.129. The molecule has 5 atom stereocenters. The van der Waals surface area contributed by atoms with Crippen LogP contribution in [0.15, 0.2) is 18.2 Å². The first-order valence-corrected chi connectivity index (χ1v) is 9.98. The third-order valence-electron chi connectivity index (χ3n) is 7.56. The summed E-state index contributed by atoms with van der Waals surface area (Å²) in [6, 6.07) is 6.63. The molecule has 0 radical (unpaired) electrons. The van der Waals surface area contributed by atoms with E-state index in [4.69, 9.17) is 10.5 Å². The summed E-state index contributed by atoms with van der Waals surface area (Å²) in [6.07, 6.45) is 7.53. The molecular formula is C22H31NO2. The minimum absolute atomic E-state index is 0.0790. The van der Waals surface area contributed by atoms with Gasteiger partial charge >= 0.3 is 0 Å². The molecule has 2 fully saturated rings. The number of methoxy groups -OCH3 is 1. The van der Waals surface area contributed by atoms with Crippen molar-refractivity contribution >= 4 is 5.78 Å². The van der Waals surface area contributed by atoms with Gasteiger partial charge in [0.1, 0.15) is 11.5 Å². The number of aryl methyl sites for hydroxylation is 1. The maximum atomic E-state index is 12.9. The van der Waals surface area contributed by atoms with Crippen LogP contribution in [-0.4, -0.2) is 19.4 Å². The molecule has 136 valence electrons. The van der Waals surface area contributed by atoms with Crippen LogP contribution in [0, 0.1) is 23.2 Å². The summed E-state index contributed by atoms with van der Waals surface area (Å²) in [6.45, 7) is 3.01. The highest BCUT2D eigenvalue weighted by Gasteiger charge is 2.58. The number of carbonyl (C=O) groups is 1. The summed E-state index contributed by atoms with van der Waals surface area (Å²) < 4.78 is 5.42. The van der Waals surface area contributed by atoms with Crippen LogP contribution >= 0.6 is 0 Å². The first kappa shape index (κ1) is 17.1. The summed E-state index contributed by atoms with van der Waals surface area (Å²) >= 11 is 0. The fourth-order valence-corrected chi connectivity index (χ4v) is 6.39. The number of hydrogen-bond donors (Lipinski definition) is 1. The van der Waals surface area contributed by atoms with E-state index < -0.39 is 0 Å². The lowest BCUT2D eigenvalue weighted by Crippen LogP contribution is -2.44. The van der Waals surface area contributed by atoms with Gasteiger partial charge in [-0.15, -0.1) is 0 Å². The van der Waals surface area contributed by atoms with E-state index in [0.717, 1.165) is 50.8 Å². The molecule has 0 heterocycles. The van der Waals surface area contributed by atoms with Crippen LogP contribution < -0.4 is 10.5 Å². The van der Waals surface area contributed by atoms with E-state index >= 15 is 0 Å². The predicted molar refractivity (Wildman–Crippen MR) is 99.8 cm³/mol. The molecule has 4 rings (SSSR count). The predicted octanol–water partition coefficient (Wildman–Crippen LogP) is 4.09. The fraction of sp³-hybridized carbons (Fsp3) is 0.682. The Balaban J connectivity index is 1.66. The molecule has 1 aromatic rings. The van der Waals surface area contributed by atoms with Gasteiger partial charge in [0.2, 0.25) is 0 Å². The molecule has 3 heteroatoms. The molecule has 0 spiro atoms. The molecule has 3 aliphatic carbocycles. The van der Waals surface area contributed by atoms with Gasteiger partial charge < -0.3 is 10.5 Å². The lowest BCUT2D eigenvalue weighted by atomic mass is 9.54. The van der Waals surface area contributed by atoms with Crippen LogP contribution in [0.1, 0.15) is 62.5 Å². The molecular weight excluding hydrogens is 310 g/mol. The Labute approximate surface area is 151 Å². The van der Waals surface area contributed by atoms with E-state index in [1.165, 1.54) is 17.5 Å². The van der Waals surface area contributed by atoms with Crippen LogP contribution in [0.3, 0.4) is 0 Å².